The molecule has 0 bridgehead atoms. The Morgan fingerprint density at radius 2 is 2.00 bits per heavy atom. The Labute approximate surface area is 75.4 Å². The molecule has 1 heterocycles. The van der Waals surface area contributed by atoms with Gasteiger partial charge in [0.05, 0.1) is 0 Å². The first kappa shape index (κ1) is 7.98. The van der Waals surface area contributed by atoms with Crippen LogP contribution in [0.15, 0.2) is 36.7 Å². The second kappa shape index (κ2) is 3.39. The number of halogens is 1. The molecular weight excluding hydrogens is 167 g/mol. The Balaban J connectivity index is 2.15. The molecule has 0 amide bonds. The molecule has 2 aromatic rings. The molecule has 3 heteroatoms. The molecule has 0 radical (unpaired) electrons. The molecular formula is C10H9FN2. The number of aromatic nitrogens is 2. The number of rotatable bonds is 2. The van der Waals surface area contributed by atoms with Crippen LogP contribution in [-0.4, -0.2) is 9.97 Å². The molecule has 2 rings (SSSR count). The molecule has 1 N–H and O–H groups in total. The van der Waals surface area contributed by atoms with Crippen LogP contribution in [-0.2, 0) is 6.42 Å². The van der Waals surface area contributed by atoms with Crippen molar-refractivity contribution in [1.82, 2.24) is 9.97 Å². The summed E-state index contributed by atoms with van der Waals surface area (Å²) >= 11 is 0. The van der Waals surface area contributed by atoms with E-state index < -0.39 is 0 Å². The van der Waals surface area contributed by atoms with E-state index in [1.807, 2.05) is 0 Å². The maximum Gasteiger partial charge on any atom is 0.123 e. The Morgan fingerprint density at radius 3 is 2.62 bits per heavy atom. The van der Waals surface area contributed by atoms with E-state index in [1.165, 1.54) is 12.1 Å². The molecule has 0 fully saturated rings. The van der Waals surface area contributed by atoms with E-state index in [1.54, 1.807) is 24.5 Å². The molecule has 13 heavy (non-hydrogen) atoms. The van der Waals surface area contributed by atoms with E-state index in [-0.39, 0.29) is 5.82 Å². The van der Waals surface area contributed by atoms with E-state index in [0.717, 1.165) is 11.4 Å². The number of nitrogens with one attached hydrogen (secondary N) is 1. The van der Waals surface area contributed by atoms with E-state index >= 15 is 0 Å². The van der Waals surface area contributed by atoms with Gasteiger partial charge >= 0.3 is 0 Å². The number of H-pyrrole nitrogens is 1. The van der Waals surface area contributed by atoms with E-state index in [9.17, 15) is 4.39 Å². The van der Waals surface area contributed by atoms with Crippen molar-refractivity contribution in [3.05, 3.63) is 53.9 Å². The van der Waals surface area contributed by atoms with E-state index in [4.69, 9.17) is 0 Å². The highest BCUT2D eigenvalue weighted by Gasteiger charge is 1.97. The minimum Gasteiger partial charge on any atom is -0.348 e. The van der Waals surface area contributed by atoms with Gasteiger partial charge in [-0.05, 0) is 17.7 Å². The number of hydrogen-bond donors (Lipinski definition) is 1. The highest BCUT2D eigenvalue weighted by molar-refractivity contribution is 5.19. The molecule has 0 atom stereocenters. The zero-order chi connectivity index (χ0) is 9.10. The summed E-state index contributed by atoms with van der Waals surface area (Å²) in [5, 5.41) is 0. The Kier molecular flexibility index (Phi) is 2.08. The zero-order valence-electron chi connectivity index (χ0n) is 7.00. The predicted molar refractivity (Wildman–Crippen MR) is 47.8 cm³/mol. The van der Waals surface area contributed by atoms with Crippen molar-refractivity contribution in [1.29, 1.82) is 0 Å². The van der Waals surface area contributed by atoms with Crippen molar-refractivity contribution < 1.29 is 4.39 Å². The van der Waals surface area contributed by atoms with Crippen LogP contribution in [0.3, 0.4) is 0 Å². The first-order valence-corrected chi connectivity index (χ1v) is 4.07. The van der Waals surface area contributed by atoms with Crippen LogP contribution in [0.1, 0.15) is 11.4 Å². The molecule has 0 aliphatic rings. The van der Waals surface area contributed by atoms with Crippen molar-refractivity contribution in [2.75, 3.05) is 0 Å². The van der Waals surface area contributed by atoms with Gasteiger partial charge in [0.15, 0.2) is 0 Å². The predicted octanol–water partition coefficient (Wildman–Crippen LogP) is 2.14. The van der Waals surface area contributed by atoms with Gasteiger partial charge in [0.1, 0.15) is 11.6 Å². The molecule has 0 aliphatic heterocycles. The Bertz CT molecular complexity index is 364. The van der Waals surface area contributed by atoms with Crippen molar-refractivity contribution >= 4 is 0 Å². The Hall–Kier alpha value is -1.64. The summed E-state index contributed by atoms with van der Waals surface area (Å²) in [6, 6.07) is 6.44. The minimum absolute atomic E-state index is 0.205. The SMILES string of the molecule is Fc1ccc(Cc2ncc[nH]2)cc1. The number of aromatic amines is 1. The van der Waals surface area contributed by atoms with E-state index in [2.05, 4.69) is 9.97 Å². The molecule has 2 nitrogen and oxygen atoms in total. The molecule has 1 aromatic heterocycles. The van der Waals surface area contributed by atoms with Crippen LogP contribution in [0.25, 0.3) is 0 Å². The van der Waals surface area contributed by atoms with Gasteiger partial charge < -0.3 is 4.98 Å². The molecule has 0 saturated heterocycles. The first-order chi connectivity index (χ1) is 6.34. The van der Waals surface area contributed by atoms with Crippen molar-refractivity contribution in [3.63, 3.8) is 0 Å². The summed E-state index contributed by atoms with van der Waals surface area (Å²) < 4.78 is 12.5. The second-order valence-electron chi connectivity index (χ2n) is 2.84. The third-order valence-electron chi connectivity index (χ3n) is 1.84. The van der Waals surface area contributed by atoms with Crippen molar-refractivity contribution in [2.45, 2.75) is 6.42 Å². The maximum atomic E-state index is 12.5. The standard InChI is InChI=1S/C10H9FN2/c11-9-3-1-8(2-4-9)7-10-12-5-6-13-10/h1-6H,7H2,(H,12,13). The van der Waals surface area contributed by atoms with Gasteiger partial charge in [-0.15, -0.1) is 0 Å². The second-order valence-corrected chi connectivity index (χ2v) is 2.84. The fourth-order valence-electron chi connectivity index (χ4n) is 1.19. The Morgan fingerprint density at radius 1 is 1.23 bits per heavy atom. The fourth-order valence-corrected chi connectivity index (χ4v) is 1.19. The smallest absolute Gasteiger partial charge is 0.123 e. The average molecular weight is 176 g/mol. The number of nitrogens with zero attached hydrogens (tertiary/aromatic N) is 1. The lowest BCUT2D eigenvalue weighted by atomic mass is 10.1. The summed E-state index contributed by atoms with van der Waals surface area (Å²) in [5.74, 6) is 0.690. The van der Waals surface area contributed by atoms with Gasteiger partial charge in [-0.1, -0.05) is 12.1 Å². The summed E-state index contributed by atoms with van der Waals surface area (Å²) in [4.78, 5) is 7.08. The van der Waals surface area contributed by atoms with Gasteiger partial charge in [0.2, 0.25) is 0 Å². The zero-order valence-corrected chi connectivity index (χ0v) is 7.00. The minimum atomic E-state index is -0.205. The van der Waals surface area contributed by atoms with Gasteiger partial charge in [0.25, 0.3) is 0 Å². The third kappa shape index (κ3) is 1.93. The lowest BCUT2D eigenvalue weighted by Crippen LogP contribution is -1.90. The first-order valence-electron chi connectivity index (χ1n) is 4.07. The van der Waals surface area contributed by atoms with Gasteiger partial charge in [-0.3, -0.25) is 0 Å². The monoisotopic (exact) mass is 176 g/mol. The average Bonchev–Trinajstić information content (AvgIpc) is 2.62. The molecule has 1 aromatic carbocycles. The fraction of sp³-hybridized carbons (Fsp3) is 0.100. The van der Waals surface area contributed by atoms with Crippen LogP contribution >= 0.6 is 0 Å². The van der Waals surface area contributed by atoms with Crippen LogP contribution in [0, 0.1) is 5.82 Å². The lowest BCUT2D eigenvalue weighted by Gasteiger charge is -1.97. The van der Waals surface area contributed by atoms with Crippen LogP contribution < -0.4 is 0 Å². The van der Waals surface area contributed by atoms with E-state index in [0.29, 0.717) is 6.42 Å². The maximum absolute atomic E-state index is 12.5. The number of imidazole rings is 1. The van der Waals surface area contributed by atoms with Gasteiger partial charge in [-0.2, -0.15) is 0 Å². The molecule has 66 valence electrons. The molecule has 0 spiro atoms. The topological polar surface area (TPSA) is 28.7 Å². The van der Waals surface area contributed by atoms with Crippen LogP contribution in [0.4, 0.5) is 4.39 Å². The largest absolute Gasteiger partial charge is 0.348 e. The highest BCUT2D eigenvalue weighted by atomic mass is 19.1. The summed E-state index contributed by atoms with van der Waals surface area (Å²) in [6.07, 6.45) is 4.20. The normalized spacial score (nSPS) is 10.2. The highest BCUT2D eigenvalue weighted by Crippen LogP contribution is 2.06. The van der Waals surface area contributed by atoms with Crippen molar-refractivity contribution in [2.24, 2.45) is 0 Å². The molecule has 0 saturated carbocycles. The van der Waals surface area contributed by atoms with Crippen LogP contribution in [0.2, 0.25) is 0 Å². The quantitative estimate of drug-likeness (QED) is 0.746. The number of benzene rings is 1. The molecule has 0 unspecified atom stereocenters. The summed E-state index contributed by atoms with van der Waals surface area (Å²) in [6.45, 7) is 0. The summed E-state index contributed by atoms with van der Waals surface area (Å²) in [5.41, 5.74) is 1.05. The van der Waals surface area contributed by atoms with Crippen LogP contribution in [0.5, 0.6) is 0 Å². The molecule has 0 aliphatic carbocycles. The van der Waals surface area contributed by atoms with Gasteiger partial charge in [-0.25, -0.2) is 9.37 Å². The van der Waals surface area contributed by atoms with Gasteiger partial charge in [0, 0.05) is 18.8 Å². The van der Waals surface area contributed by atoms with Crippen molar-refractivity contribution in [3.8, 4) is 0 Å². The summed E-state index contributed by atoms with van der Waals surface area (Å²) in [7, 11) is 0. The number of hydrogen-bond acceptors (Lipinski definition) is 1. The lowest BCUT2D eigenvalue weighted by molar-refractivity contribution is 0.627. The third-order valence-corrected chi connectivity index (χ3v) is 1.84.